The molecule has 0 saturated carbocycles. The Morgan fingerprint density at radius 3 is 2.19 bits per heavy atom. The van der Waals surface area contributed by atoms with E-state index < -0.39 is 28.5 Å². The first-order valence-electron chi connectivity index (χ1n) is 10.8. The van der Waals surface area contributed by atoms with Crippen LogP contribution in [-0.4, -0.2) is 46.1 Å². The summed E-state index contributed by atoms with van der Waals surface area (Å²) in [4.78, 5) is 47.1. The van der Waals surface area contributed by atoms with E-state index in [1.54, 1.807) is 13.8 Å². The number of nitro groups is 1. The molecule has 2 amide bonds. The zero-order valence-electron chi connectivity index (χ0n) is 20.0. The normalized spacial score (nSPS) is 10.5. The predicted molar refractivity (Wildman–Crippen MR) is 133 cm³/mol. The quantitative estimate of drug-likeness (QED) is 0.242. The molecule has 3 aromatic carbocycles. The Bertz CT molecular complexity index is 1390. The number of carbonyl (C=O) groups excluding carboxylic acids is 2. The van der Waals surface area contributed by atoms with Crippen LogP contribution in [0.15, 0.2) is 54.6 Å². The fourth-order valence-corrected chi connectivity index (χ4v) is 3.28. The third-order valence-corrected chi connectivity index (χ3v) is 4.98. The standard InChI is InChI=1S/C25H23N3O9/c1-13(2)37-22-10-14(25(32)33)4-9-19(22)27-23(30)17-7-5-15(11-20(17)29)26-24(31)18-8-6-16(28(34)35)12-21(18)36-3/h4-13,29H,1-3H3,(H,26,31)(H,27,30)(H,32,33). The maximum absolute atomic E-state index is 12.8. The lowest BCUT2D eigenvalue weighted by Gasteiger charge is -2.16. The fraction of sp³-hybridized carbons (Fsp3) is 0.160. The number of carboxylic acid groups (broad SMARTS) is 1. The lowest BCUT2D eigenvalue weighted by molar-refractivity contribution is -0.384. The average Bonchev–Trinajstić information content (AvgIpc) is 2.84. The van der Waals surface area contributed by atoms with E-state index in [9.17, 15) is 34.7 Å². The molecule has 192 valence electrons. The van der Waals surface area contributed by atoms with Crippen molar-refractivity contribution in [2.45, 2.75) is 20.0 Å². The van der Waals surface area contributed by atoms with Gasteiger partial charge in [0.15, 0.2) is 0 Å². The first kappa shape index (κ1) is 26.5. The first-order chi connectivity index (χ1) is 17.5. The van der Waals surface area contributed by atoms with Crippen LogP contribution in [-0.2, 0) is 0 Å². The lowest BCUT2D eigenvalue weighted by atomic mass is 10.1. The Hall–Kier alpha value is -5.13. The van der Waals surface area contributed by atoms with Gasteiger partial charge in [0, 0.05) is 17.8 Å². The summed E-state index contributed by atoms with van der Waals surface area (Å²) in [6.07, 6.45) is -0.301. The highest BCUT2D eigenvalue weighted by Crippen LogP contribution is 2.30. The molecule has 0 atom stereocenters. The van der Waals surface area contributed by atoms with E-state index in [0.717, 1.165) is 18.2 Å². The first-order valence-corrected chi connectivity index (χ1v) is 10.8. The van der Waals surface area contributed by atoms with Gasteiger partial charge in [-0.3, -0.25) is 19.7 Å². The number of nitro benzene ring substituents is 1. The molecule has 4 N–H and O–H groups in total. The van der Waals surface area contributed by atoms with Gasteiger partial charge in [0.1, 0.15) is 17.2 Å². The van der Waals surface area contributed by atoms with Crippen LogP contribution in [0.2, 0.25) is 0 Å². The molecular formula is C25H23N3O9. The van der Waals surface area contributed by atoms with Crippen molar-refractivity contribution >= 4 is 34.8 Å². The number of aromatic hydroxyl groups is 1. The molecule has 0 radical (unpaired) electrons. The van der Waals surface area contributed by atoms with E-state index in [4.69, 9.17) is 9.47 Å². The minimum absolute atomic E-state index is 0.0137. The number of rotatable bonds is 9. The topological polar surface area (TPSA) is 177 Å². The summed E-state index contributed by atoms with van der Waals surface area (Å²) in [5.41, 5.74) is -0.0253. The van der Waals surface area contributed by atoms with Crippen LogP contribution < -0.4 is 20.1 Å². The number of nitrogens with one attached hydrogen (secondary N) is 2. The number of phenolic OH excluding ortho intramolecular Hbond substituents is 1. The molecule has 0 aliphatic heterocycles. The van der Waals surface area contributed by atoms with Crippen LogP contribution in [0.1, 0.15) is 44.9 Å². The van der Waals surface area contributed by atoms with Crippen molar-refractivity contribution in [1.29, 1.82) is 0 Å². The summed E-state index contributed by atoms with van der Waals surface area (Å²) < 4.78 is 10.7. The van der Waals surface area contributed by atoms with Gasteiger partial charge < -0.3 is 30.3 Å². The molecule has 0 spiro atoms. The Morgan fingerprint density at radius 2 is 1.59 bits per heavy atom. The number of carboxylic acids is 1. The zero-order valence-corrected chi connectivity index (χ0v) is 20.0. The highest BCUT2D eigenvalue weighted by atomic mass is 16.6. The number of amides is 2. The second-order valence-corrected chi connectivity index (χ2v) is 7.96. The van der Waals surface area contributed by atoms with Crippen molar-refractivity contribution < 1.29 is 39.0 Å². The van der Waals surface area contributed by atoms with E-state index >= 15 is 0 Å². The summed E-state index contributed by atoms with van der Waals surface area (Å²) in [5, 5.41) is 35.7. The molecule has 0 bridgehead atoms. The number of anilines is 2. The van der Waals surface area contributed by atoms with E-state index in [1.807, 2.05) is 0 Å². The number of nitrogens with zero attached hydrogens (tertiary/aromatic N) is 1. The molecule has 0 heterocycles. The van der Waals surface area contributed by atoms with Gasteiger partial charge in [0.05, 0.1) is 46.6 Å². The molecule has 12 heteroatoms. The van der Waals surface area contributed by atoms with Crippen LogP contribution in [0.5, 0.6) is 17.2 Å². The van der Waals surface area contributed by atoms with Crippen molar-refractivity contribution in [3.05, 3.63) is 81.4 Å². The van der Waals surface area contributed by atoms with Crippen LogP contribution in [0.3, 0.4) is 0 Å². The number of ether oxygens (including phenoxy) is 2. The summed E-state index contributed by atoms with van der Waals surface area (Å²) in [7, 11) is 1.27. The number of hydrogen-bond donors (Lipinski definition) is 4. The largest absolute Gasteiger partial charge is 0.507 e. The van der Waals surface area contributed by atoms with Gasteiger partial charge in [-0.15, -0.1) is 0 Å². The van der Waals surface area contributed by atoms with E-state index in [1.165, 1.54) is 43.5 Å². The second-order valence-electron chi connectivity index (χ2n) is 7.96. The van der Waals surface area contributed by atoms with E-state index in [-0.39, 0.29) is 51.4 Å². The monoisotopic (exact) mass is 509 g/mol. The van der Waals surface area contributed by atoms with Crippen molar-refractivity contribution in [2.24, 2.45) is 0 Å². The highest BCUT2D eigenvalue weighted by Gasteiger charge is 2.19. The molecule has 0 unspecified atom stereocenters. The van der Waals surface area contributed by atoms with Crippen molar-refractivity contribution in [1.82, 2.24) is 0 Å². The Morgan fingerprint density at radius 1 is 0.919 bits per heavy atom. The van der Waals surface area contributed by atoms with Crippen molar-refractivity contribution in [3.63, 3.8) is 0 Å². The number of aromatic carboxylic acids is 1. The Labute approximate surface area is 210 Å². The summed E-state index contributed by atoms with van der Waals surface area (Å²) in [6, 6.07) is 11.3. The minimum atomic E-state index is -1.16. The average molecular weight is 509 g/mol. The number of hydrogen-bond acceptors (Lipinski definition) is 8. The predicted octanol–water partition coefficient (Wildman–Crippen LogP) is 4.30. The summed E-state index contributed by atoms with van der Waals surface area (Å²) in [6.45, 7) is 3.48. The zero-order chi connectivity index (χ0) is 27.3. The molecule has 37 heavy (non-hydrogen) atoms. The summed E-state index contributed by atoms with van der Waals surface area (Å²) >= 11 is 0. The SMILES string of the molecule is COc1cc([N+](=O)[O-])ccc1C(=O)Nc1ccc(C(=O)Nc2ccc(C(=O)O)cc2OC(C)C)c(O)c1. The smallest absolute Gasteiger partial charge is 0.335 e. The maximum Gasteiger partial charge on any atom is 0.335 e. The molecule has 0 fully saturated rings. The number of carbonyl (C=O) groups is 3. The third kappa shape index (κ3) is 6.31. The molecule has 0 saturated heterocycles. The Kier molecular flexibility index (Phi) is 7.92. The van der Waals surface area contributed by atoms with Crippen LogP contribution in [0.25, 0.3) is 0 Å². The van der Waals surface area contributed by atoms with Crippen molar-refractivity contribution in [3.8, 4) is 17.2 Å². The number of non-ortho nitro benzene ring substituents is 1. The molecule has 0 aliphatic carbocycles. The van der Waals surface area contributed by atoms with Crippen LogP contribution in [0.4, 0.5) is 17.1 Å². The molecule has 0 aliphatic rings. The van der Waals surface area contributed by atoms with E-state index in [0.29, 0.717) is 0 Å². The van der Waals surface area contributed by atoms with E-state index in [2.05, 4.69) is 10.6 Å². The fourth-order valence-electron chi connectivity index (χ4n) is 3.28. The van der Waals surface area contributed by atoms with Gasteiger partial charge in [0.25, 0.3) is 17.5 Å². The van der Waals surface area contributed by atoms with Crippen LogP contribution >= 0.6 is 0 Å². The summed E-state index contributed by atoms with van der Waals surface area (Å²) in [5.74, 6) is -2.84. The molecule has 0 aromatic heterocycles. The second kappa shape index (κ2) is 11.1. The lowest BCUT2D eigenvalue weighted by Crippen LogP contribution is -2.16. The molecule has 3 aromatic rings. The molecule has 3 rings (SSSR count). The third-order valence-electron chi connectivity index (χ3n) is 4.98. The maximum atomic E-state index is 12.8. The van der Waals surface area contributed by atoms with Crippen LogP contribution in [0, 0.1) is 10.1 Å². The number of methoxy groups -OCH3 is 1. The van der Waals surface area contributed by atoms with Gasteiger partial charge in [0.2, 0.25) is 0 Å². The number of benzene rings is 3. The molecular weight excluding hydrogens is 486 g/mol. The van der Waals surface area contributed by atoms with Gasteiger partial charge in [-0.25, -0.2) is 4.79 Å². The van der Waals surface area contributed by atoms with Gasteiger partial charge >= 0.3 is 5.97 Å². The Balaban J connectivity index is 1.80. The van der Waals surface area contributed by atoms with Crippen molar-refractivity contribution in [2.75, 3.05) is 17.7 Å². The molecule has 12 nitrogen and oxygen atoms in total. The minimum Gasteiger partial charge on any atom is -0.507 e. The van der Waals surface area contributed by atoms with Gasteiger partial charge in [-0.1, -0.05) is 0 Å². The van der Waals surface area contributed by atoms with Gasteiger partial charge in [-0.05, 0) is 50.2 Å². The van der Waals surface area contributed by atoms with Gasteiger partial charge in [-0.2, -0.15) is 0 Å². The number of phenols is 1. The highest BCUT2D eigenvalue weighted by molar-refractivity contribution is 6.09.